The van der Waals surface area contributed by atoms with Gasteiger partial charge in [0, 0.05) is 31.5 Å². The van der Waals surface area contributed by atoms with Crippen molar-refractivity contribution in [3.8, 4) is 5.88 Å². The zero-order chi connectivity index (χ0) is 17.3. The van der Waals surface area contributed by atoms with Crippen LogP contribution in [0.25, 0.3) is 0 Å². The quantitative estimate of drug-likeness (QED) is 0.823. The highest BCUT2D eigenvalue weighted by Crippen LogP contribution is 2.38. The maximum Gasteiger partial charge on any atom is 0.222 e. The summed E-state index contributed by atoms with van der Waals surface area (Å²) in [6.45, 7) is 4.27. The molecule has 7 nitrogen and oxygen atoms in total. The fourth-order valence-corrected chi connectivity index (χ4v) is 4.10. The van der Waals surface area contributed by atoms with E-state index >= 15 is 0 Å². The van der Waals surface area contributed by atoms with Gasteiger partial charge in [-0.25, -0.2) is 9.97 Å². The molecular formula is C18H26N4O3. The lowest BCUT2D eigenvalue weighted by Gasteiger charge is -2.53. The van der Waals surface area contributed by atoms with Gasteiger partial charge in [-0.3, -0.25) is 4.79 Å². The van der Waals surface area contributed by atoms with Gasteiger partial charge >= 0.3 is 0 Å². The number of carbonyl (C=O) groups is 1. The minimum atomic E-state index is -0.0411. The fourth-order valence-electron chi connectivity index (χ4n) is 4.10. The molecule has 136 valence electrons. The maximum atomic E-state index is 12.0. The third-order valence-corrected chi connectivity index (χ3v) is 5.65. The molecule has 0 bridgehead atoms. The molecule has 1 amide bonds. The van der Waals surface area contributed by atoms with Crippen molar-refractivity contribution >= 4 is 11.7 Å². The number of amides is 1. The number of ether oxygens (including phenoxy) is 2. The second-order valence-corrected chi connectivity index (χ2v) is 7.47. The maximum absolute atomic E-state index is 12.0. The minimum absolute atomic E-state index is 0.0411. The zero-order valence-electron chi connectivity index (χ0n) is 14.8. The molecule has 1 spiro atoms. The smallest absolute Gasteiger partial charge is 0.222 e. The molecule has 25 heavy (non-hydrogen) atoms. The number of aromatic nitrogens is 2. The average molecular weight is 346 g/mol. The van der Waals surface area contributed by atoms with Crippen molar-refractivity contribution in [1.82, 2.24) is 14.9 Å². The lowest BCUT2D eigenvalue weighted by Crippen LogP contribution is -2.65. The number of nitrogens with zero attached hydrogens (tertiary/aromatic N) is 4. The first-order valence-corrected chi connectivity index (χ1v) is 9.20. The number of likely N-dealkylation sites (tertiary alicyclic amines) is 1. The first-order valence-electron chi connectivity index (χ1n) is 9.20. The van der Waals surface area contributed by atoms with Crippen LogP contribution >= 0.6 is 0 Å². The van der Waals surface area contributed by atoms with E-state index in [0.29, 0.717) is 17.7 Å². The SMILES string of the molecule is COc1cc(N2CC3(CC[C@H](CN4CCCCC4=O)CO3)C2)ncn1. The monoisotopic (exact) mass is 346 g/mol. The van der Waals surface area contributed by atoms with E-state index in [4.69, 9.17) is 9.47 Å². The Balaban J connectivity index is 1.27. The van der Waals surface area contributed by atoms with E-state index in [0.717, 1.165) is 70.7 Å². The molecule has 0 saturated carbocycles. The molecule has 1 aromatic rings. The molecule has 3 aliphatic heterocycles. The van der Waals surface area contributed by atoms with Gasteiger partial charge in [0.05, 0.1) is 26.8 Å². The molecule has 0 unspecified atom stereocenters. The van der Waals surface area contributed by atoms with Crippen molar-refractivity contribution in [2.45, 2.75) is 37.7 Å². The number of piperidine rings is 1. The van der Waals surface area contributed by atoms with Crippen LogP contribution in [0.15, 0.2) is 12.4 Å². The summed E-state index contributed by atoms with van der Waals surface area (Å²) in [6, 6.07) is 1.86. The Bertz CT molecular complexity index is 623. The highest BCUT2D eigenvalue weighted by Gasteiger charge is 2.47. The predicted molar refractivity (Wildman–Crippen MR) is 92.6 cm³/mol. The van der Waals surface area contributed by atoms with Gasteiger partial charge in [-0.15, -0.1) is 0 Å². The minimum Gasteiger partial charge on any atom is -0.481 e. The van der Waals surface area contributed by atoms with Gasteiger partial charge in [0.2, 0.25) is 11.8 Å². The molecule has 0 radical (unpaired) electrons. The van der Waals surface area contributed by atoms with Gasteiger partial charge in [-0.1, -0.05) is 0 Å². The summed E-state index contributed by atoms with van der Waals surface area (Å²) < 4.78 is 11.4. The third-order valence-electron chi connectivity index (χ3n) is 5.65. The number of methoxy groups -OCH3 is 1. The van der Waals surface area contributed by atoms with Crippen LogP contribution in [0.2, 0.25) is 0 Å². The molecule has 0 aliphatic carbocycles. The summed E-state index contributed by atoms with van der Waals surface area (Å²) in [7, 11) is 1.61. The predicted octanol–water partition coefficient (Wildman–Crippen LogP) is 1.48. The van der Waals surface area contributed by atoms with Crippen LogP contribution in [0, 0.1) is 5.92 Å². The van der Waals surface area contributed by atoms with Crippen LogP contribution in [0.5, 0.6) is 5.88 Å². The Morgan fingerprint density at radius 2 is 2.24 bits per heavy atom. The molecule has 1 aromatic heterocycles. The van der Waals surface area contributed by atoms with Crippen LogP contribution in [0.3, 0.4) is 0 Å². The van der Waals surface area contributed by atoms with Crippen molar-refractivity contribution in [2.75, 3.05) is 44.8 Å². The topological polar surface area (TPSA) is 67.8 Å². The molecule has 3 saturated heterocycles. The second-order valence-electron chi connectivity index (χ2n) is 7.47. The molecule has 4 rings (SSSR count). The van der Waals surface area contributed by atoms with E-state index in [2.05, 4.69) is 14.9 Å². The average Bonchev–Trinajstić information content (AvgIpc) is 2.62. The van der Waals surface area contributed by atoms with Gasteiger partial charge in [0.25, 0.3) is 0 Å². The molecular weight excluding hydrogens is 320 g/mol. The van der Waals surface area contributed by atoms with Crippen LogP contribution in [0.4, 0.5) is 5.82 Å². The highest BCUT2D eigenvalue weighted by atomic mass is 16.5. The van der Waals surface area contributed by atoms with E-state index in [-0.39, 0.29) is 5.60 Å². The van der Waals surface area contributed by atoms with Gasteiger partial charge < -0.3 is 19.3 Å². The summed E-state index contributed by atoms with van der Waals surface area (Å²) in [5, 5.41) is 0. The molecule has 7 heteroatoms. The van der Waals surface area contributed by atoms with Crippen LogP contribution in [-0.4, -0.2) is 66.3 Å². The number of carbonyl (C=O) groups excluding carboxylic acids is 1. The first kappa shape index (κ1) is 16.6. The van der Waals surface area contributed by atoms with Crippen LogP contribution in [0.1, 0.15) is 32.1 Å². The summed E-state index contributed by atoms with van der Waals surface area (Å²) in [4.78, 5) is 24.6. The first-order chi connectivity index (χ1) is 12.2. The van der Waals surface area contributed by atoms with Gasteiger partial charge in [-0.2, -0.15) is 0 Å². The number of hydrogen-bond donors (Lipinski definition) is 0. The molecule has 3 fully saturated rings. The second kappa shape index (κ2) is 6.78. The van der Waals surface area contributed by atoms with Crippen molar-refractivity contribution in [3.63, 3.8) is 0 Å². The number of hydrogen-bond acceptors (Lipinski definition) is 6. The van der Waals surface area contributed by atoms with Gasteiger partial charge in [0.1, 0.15) is 17.7 Å². The molecule has 0 aromatic carbocycles. The molecule has 3 aliphatic rings. The number of rotatable bonds is 4. The largest absolute Gasteiger partial charge is 0.481 e. The van der Waals surface area contributed by atoms with Gasteiger partial charge in [0.15, 0.2) is 0 Å². The zero-order valence-corrected chi connectivity index (χ0v) is 14.8. The van der Waals surface area contributed by atoms with Crippen molar-refractivity contribution in [2.24, 2.45) is 5.92 Å². The lowest BCUT2D eigenvalue weighted by molar-refractivity contribution is -0.139. The molecule has 0 N–H and O–H groups in total. The molecule has 4 heterocycles. The fraction of sp³-hybridized carbons (Fsp3) is 0.722. The molecule has 1 atom stereocenters. The Hall–Kier alpha value is -1.89. The summed E-state index contributed by atoms with van der Waals surface area (Å²) in [6.07, 6.45) is 6.62. The summed E-state index contributed by atoms with van der Waals surface area (Å²) in [5.74, 6) is 2.27. The van der Waals surface area contributed by atoms with Crippen molar-refractivity contribution in [3.05, 3.63) is 12.4 Å². The van der Waals surface area contributed by atoms with Crippen LogP contribution < -0.4 is 9.64 Å². The van der Waals surface area contributed by atoms with E-state index in [1.165, 1.54) is 6.33 Å². The third kappa shape index (κ3) is 3.42. The standard InChI is InChI=1S/C18H26N4O3/c1-24-16-8-15(19-13-20-16)22-11-18(12-22)6-5-14(10-25-18)9-21-7-3-2-4-17(21)23/h8,13-14H,2-7,9-12H2,1H3/t14-/m1/s1. The summed E-state index contributed by atoms with van der Waals surface area (Å²) >= 11 is 0. The Kier molecular flexibility index (Phi) is 4.50. The van der Waals surface area contributed by atoms with E-state index in [9.17, 15) is 4.79 Å². The highest BCUT2D eigenvalue weighted by molar-refractivity contribution is 5.76. The van der Waals surface area contributed by atoms with Crippen molar-refractivity contribution in [1.29, 1.82) is 0 Å². The van der Waals surface area contributed by atoms with Crippen LogP contribution in [-0.2, 0) is 9.53 Å². The van der Waals surface area contributed by atoms with E-state index < -0.39 is 0 Å². The summed E-state index contributed by atoms with van der Waals surface area (Å²) in [5.41, 5.74) is -0.0411. The van der Waals surface area contributed by atoms with E-state index in [1.54, 1.807) is 7.11 Å². The Morgan fingerprint density at radius 3 is 2.96 bits per heavy atom. The normalized spacial score (nSPS) is 25.8. The van der Waals surface area contributed by atoms with Crippen molar-refractivity contribution < 1.29 is 14.3 Å². The van der Waals surface area contributed by atoms with Gasteiger partial charge in [-0.05, 0) is 25.7 Å². The Labute approximate surface area is 148 Å². The van der Waals surface area contributed by atoms with E-state index in [1.807, 2.05) is 11.0 Å². The lowest BCUT2D eigenvalue weighted by atomic mass is 9.82. The number of anilines is 1. The Morgan fingerprint density at radius 1 is 1.36 bits per heavy atom.